The average Bonchev–Trinajstić information content (AvgIpc) is 2.59. The van der Waals surface area contributed by atoms with Gasteiger partial charge in [-0.2, -0.15) is 0 Å². The predicted octanol–water partition coefficient (Wildman–Crippen LogP) is 4.25. The summed E-state index contributed by atoms with van der Waals surface area (Å²) in [4.78, 5) is 15.3. The highest BCUT2D eigenvalue weighted by Gasteiger charge is 2.04. The van der Waals surface area contributed by atoms with Gasteiger partial charge < -0.3 is 4.74 Å². The van der Waals surface area contributed by atoms with Crippen LogP contribution in [0, 0.1) is 0 Å². The van der Waals surface area contributed by atoms with Crippen LogP contribution in [0.3, 0.4) is 0 Å². The van der Waals surface area contributed by atoms with Gasteiger partial charge in [-0.15, -0.1) is 0 Å². The van der Waals surface area contributed by atoms with Gasteiger partial charge in [0.05, 0.1) is 7.11 Å². The predicted molar refractivity (Wildman–Crippen MR) is 88.2 cm³/mol. The molecular weight excluding hydrogens is 274 g/mol. The summed E-state index contributed by atoms with van der Waals surface area (Å²) in [7, 11) is 1.43. The molecule has 0 aliphatic heterocycles. The van der Waals surface area contributed by atoms with Gasteiger partial charge in [0, 0.05) is 24.4 Å². The Morgan fingerprint density at radius 2 is 1.86 bits per heavy atom. The summed E-state index contributed by atoms with van der Waals surface area (Å²) in [6.07, 6.45) is 9.11. The number of rotatable bonds is 7. The smallest absolute Gasteiger partial charge is 0.305 e. The zero-order chi connectivity index (χ0) is 15.6. The van der Waals surface area contributed by atoms with Gasteiger partial charge in [0.15, 0.2) is 0 Å². The molecule has 0 aliphatic carbocycles. The first-order valence-electron chi connectivity index (χ1n) is 7.54. The Morgan fingerprint density at radius 3 is 2.55 bits per heavy atom. The molecule has 2 rings (SSSR count). The van der Waals surface area contributed by atoms with Crippen molar-refractivity contribution in [1.82, 2.24) is 4.98 Å². The molecule has 0 spiro atoms. The Balaban J connectivity index is 2.05. The SMILES string of the molecule is COC(=O)CCCC/C=C(/c1ccccc1)c1cccnc1. The molecule has 0 bridgehead atoms. The van der Waals surface area contributed by atoms with Crippen molar-refractivity contribution in [2.45, 2.75) is 25.7 Å². The number of carbonyl (C=O) groups is 1. The lowest BCUT2D eigenvalue weighted by Crippen LogP contribution is -1.99. The number of aromatic nitrogens is 1. The van der Waals surface area contributed by atoms with Crippen LogP contribution in [0.15, 0.2) is 60.9 Å². The standard InChI is InChI=1S/C19H21NO2/c1-22-19(21)13-7-3-6-12-18(16-9-4-2-5-10-16)17-11-8-14-20-15-17/h2,4-5,8-12,14-15H,3,6-7,13H2,1H3/b18-12-. The van der Waals surface area contributed by atoms with E-state index in [9.17, 15) is 4.79 Å². The number of carbonyl (C=O) groups excluding carboxylic acids is 1. The molecule has 22 heavy (non-hydrogen) atoms. The molecular formula is C19H21NO2. The van der Waals surface area contributed by atoms with Crippen molar-refractivity contribution in [2.24, 2.45) is 0 Å². The van der Waals surface area contributed by atoms with E-state index in [-0.39, 0.29) is 5.97 Å². The Kier molecular flexibility index (Phi) is 6.37. The number of unbranched alkanes of at least 4 members (excludes halogenated alkanes) is 2. The van der Waals surface area contributed by atoms with Crippen molar-refractivity contribution < 1.29 is 9.53 Å². The van der Waals surface area contributed by atoms with Crippen LogP contribution in [0.1, 0.15) is 36.8 Å². The molecule has 3 nitrogen and oxygen atoms in total. The van der Waals surface area contributed by atoms with Crippen LogP contribution < -0.4 is 0 Å². The Hall–Kier alpha value is -2.42. The van der Waals surface area contributed by atoms with Gasteiger partial charge in [-0.25, -0.2) is 0 Å². The number of esters is 1. The van der Waals surface area contributed by atoms with Crippen LogP contribution in [0.2, 0.25) is 0 Å². The van der Waals surface area contributed by atoms with Gasteiger partial charge in [0.2, 0.25) is 0 Å². The molecule has 0 saturated carbocycles. The van der Waals surface area contributed by atoms with Crippen LogP contribution in [0.4, 0.5) is 0 Å². The number of hydrogen-bond donors (Lipinski definition) is 0. The topological polar surface area (TPSA) is 39.2 Å². The normalized spacial score (nSPS) is 11.2. The summed E-state index contributed by atoms with van der Waals surface area (Å²) in [6, 6.07) is 14.3. The minimum absolute atomic E-state index is 0.139. The zero-order valence-corrected chi connectivity index (χ0v) is 12.9. The summed E-state index contributed by atoms with van der Waals surface area (Å²) >= 11 is 0. The lowest BCUT2D eigenvalue weighted by molar-refractivity contribution is -0.140. The number of hydrogen-bond acceptors (Lipinski definition) is 3. The monoisotopic (exact) mass is 295 g/mol. The molecule has 1 heterocycles. The summed E-state index contributed by atoms with van der Waals surface area (Å²) in [5.74, 6) is -0.139. The van der Waals surface area contributed by atoms with E-state index in [0.29, 0.717) is 6.42 Å². The molecule has 0 N–H and O–H groups in total. The molecule has 0 atom stereocenters. The van der Waals surface area contributed by atoms with Crippen LogP contribution in [-0.2, 0) is 9.53 Å². The van der Waals surface area contributed by atoms with Crippen molar-refractivity contribution in [1.29, 1.82) is 0 Å². The van der Waals surface area contributed by atoms with Crippen LogP contribution in [0.25, 0.3) is 5.57 Å². The van der Waals surface area contributed by atoms with E-state index in [1.165, 1.54) is 18.2 Å². The lowest BCUT2D eigenvalue weighted by atomic mass is 9.97. The largest absolute Gasteiger partial charge is 0.469 e. The minimum Gasteiger partial charge on any atom is -0.469 e. The van der Waals surface area contributed by atoms with E-state index in [2.05, 4.69) is 34.0 Å². The molecule has 0 aliphatic rings. The van der Waals surface area contributed by atoms with Gasteiger partial charge in [-0.1, -0.05) is 42.5 Å². The van der Waals surface area contributed by atoms with Crippen molar-refractivity contribution in [3.63, 3.8) is 0 Å². The number of benzene rings is 1. The van der Waals surface area contributed by atoms with Crippen molar-refractivity contribution in [3.05, 3.63) is 72.1 Å². The second kappa shape index (κ2) is 8.78. The molecule has 0 saturated heterocycles. The fourth-order valence-electron chi connectivity index (χ4n) is 2.30. The maximum Gasteiger partial charge on any atom is 0.305 e. The first kappa shape index (κ1) is 16.0. The van der Waals surface area contributed by atoms with E-state index < -0.39 is 0 Å². The molecule has 1 aromatic carbocycles. The Labute approximate surface area is 131 Å². The number of methoxy groups -OCH3 is 1. The maximum atomic E-state index is 11.1. The van der Waals surface area contributed by atoms with E-state index in [1.807, 2.05) is 30.5 Å². The van der Waals surface area contributed by atoms with Crippen molar-refractivity contribution in [3.8, 4) is 0 Å². The third-order valence-electron chi connectivity index (χ3n) is 3.47. The molecule has 0 amide bonds. The highest BCUT2D eigenvalue weighted by atomic mass is 16.5. The second-order valence-corrected chi connectivity index (χ2v) is 5.05. The Morgan fingerprint density at radius 1 is 1.09 bits per heavy atom. The number of ether oxygens (including phenoxy) is 1. The van der Waals surface area contributed by atoms with Gasteiger partial charge >= 0.3 is 5.97 Å². The zero-order valence-electron chi connectivity index (χ0n) is 12.9. The van der Waals surface area contributed by atoms with Gasteiger partial charge in [0.25, 0.3) is 0 Å². The number of allylic oxidation sites excluding steroid dienone is 1. The molecule has 2 aromatic rings. The highest BCUT2D eigenvalue weighted by molar-refractivity contribution is 5.79. The second-order valence-electron chi connectivity index (χ2n) is 5.05. The molecule has 0 fully saturated rings. The summed E-state index contributed by atoms with van der Waals surface area (Å²) in [6.45, 7) is 0. The summed E-state index contributed by atoms with van der Waals surface area (Å²) < 4.78 is 4.65. The fraction of sp³-hybridized carbons (Fsp3) is 0.263. The number of nitrogens with zero attached hydrogens (tertiary/aromatic N) is 1. The molecule has 3 heteroatoms. The summed E-state index contributed by atoms with van der Waals surface area (Å²) in [5, 5.41) is 0. The van der Waals surface area contributed by atoms with Crippen molar-refractivity contribution in [2.75, 3.05) is 7.11 Å². The van der Waals surface area contributed by atoms with E-state index in [1.54, 1.807) is 6.20 Å². The minimum atomic E-state index is -0.139. The highest BCUT2D eigenvalue weighted by Crippen LogP contribution is 2.23. The Bertz CT molecular complexity index is 564. The van der Waals surface area contributed by atoms with Gasteiger partial charge in [0.1, 0.15) is 0 Å². The molecule has 0 unspecified atom stereocenters. The van der Waals surface area contributed by atoms with E-state index in [4.69, 9.17) is 0 Å². The van der Waals surface area contributed by atoms with Crippen LogP contribution in [-0.4, -0.2) is 18.1 Å². The number of pyridine rings is 1. The summed E-state index contributed by atoms with van der Waals surface area (Å²) in [5.41, 5.74) is 3.48. The van der Waals surface area contributed by atoms with Crippen LogP contribution in [0.5, 0.6) is 0 Å². The first-order valence-corrected chi connectivity index (χ1v) is 7.54. The van der Waals surface area contributed by atoms with Crippen LogP contribution >= 0.6 is 0 Å². The third kappa shape index (κ3) is 4.85. The molecule has 1 aromatic heterocycles. The maximum absolute atomic E-state index is 11.1. The van der Waals surface area contributed by atoms with E-state index in [0.717, 1.165) is 24.8 Å². The molecule has 0 radical (unpaired) electrons. The molecule has 114 valence electrons. The van der Waals surface area contributed by atoms with Gasteiger partial charge in [-0.3, -0.25) is 9.78 Å². The average molecular weight is 295 g/mol. The fourth-order valence-corrected chi connectivity index (χ4v) is 2.30. The lowest BCUT2D eigenvalue weighted by Gasteiger charge is -2.08. The van der Waals surface area contributed by atoms with Crippen molar-refractivity contribution >= 4 is 11.5 Å². The quantitative estimate of drug-likeness (QED) is 0.566. The first-order chi connectivity index (χ1) is 10.8. The van der Waals surface area contributed by atoms with E-state index >= 15 is 0 Å². The third-order valence-corrected chi connectivity index (χ3v) is 3.47. The van der Waals surface area contributed by atoms with Gasteiger partial charge in [-0.05, 0) is 36.5 Å².